The van der Waals surface area contributed by atoms with Crippen molar-refractivity contribution in [1.29, 1.82) is 0 Å². The Labute approximate surface area is 177 Å². The van der Waals surface area contributed by atoms with Crippen LogP contribution in [0.1, 0.15) is 30.4 Å². The van der Waals surface area contributed by atoms with Crippen LogP contribution < -0.4 is 5.32 Å². The van der Waals surface area contributed by atoms with Gasteiger partial charge in [-0.1, -0.05) is 23.7 Å². The molecule has 2 heterocycles. The lowest BCUT2D eigenvalue weighted by molar-refractivity contribution is 0.486. The molecule has 5 nitrogen and oxygen atoms in total. The molecule has 3 rings (SSSR count). The van der Waals surface area contributed by atoms with Gasteiger partial charge in [0.15, 0.2) is 5.96 Å². The molecule has 7 heteroatoms. The molecule has 2 aromatic rings. The molecular formula is C19H27ClIN5. The predicted octanol–water partition coefficient (Wildman–Crippen LogP) is 3.69. The lowest BCUT2D eigenvalue weighted by Gasteiger charge is -2.21. The van der Waals surface area contributed by atoms with Crippen LogP contribution in [0.5, 0.6) is 0 Å². The molecule has 0 bridgehead atoms. The second-order valence-electron chi connectivity index (χ2n) is 6.49. The number of nitrogens with one attached hydrogen (secondary N) is 1. The zero-order valence-corrected chi connectivity index (χ0v) is 18.4. The van der Waals surface area contributed by atoms with Gasteiger partial charge in [0.05, 0.1) is 6.20 Å². The van der Waals surface area contributed by atoms with E-state index in [4.69, 9.17) is 16.6 Å². The molecule has 1 aromatic carbocycles. The summed E-state index contributed by atoms with van der Waals surface area (Å²) in [5, 5.41) is 8.51. The number of aromatic nitrogens is 2. The number of likely N-dealkylation sites (tertiary alicyclic amines) is 1. The highest BCUT2D eigenvalue weighted by Crippen LogP contribution is 2.26. The molecule has 142 valence electrons. The summed E-state index contributed by atoms with van der Waals surface area (Å²) in [6, 6.07) is 8.01. The summed E-state index contributed by atoms with van der Waals surface area (Å²) < 4.78 is 1.88. The molecule has 1 saturated heterocycles. The monoisotopic (exact) mass is 487 g/mol. The Morgan fingerprint density at radius 3 is 2.96 bits per heavy atom. The van der Waals surface area contributed by atoms with Crippen LogP contribution in [0.2, 0.25) is 5.02 Å². The number of rotatable bonds is 5. The van der Waals surface area contributed by atoms with Crippen molar-refractivity contribution in [1.82, 2.24) is 20.0 Å². The minimum absolute atomic E-state index is 0. The van der Waals surface area contributed by atoms with Gasteiger partial charge in [-0.2, -0.15) is 5.10 Å². The molecular weight excluding hydrogens is 461 g/mol. The van der Waals surface area contributed by atoms with Gasteiger partial charge in [0.1, 0.15) is 0 Å². The molecule has 26 heavy (non-hydrogen) atoms. The Hall–Kier alpha value is -1.28. The standard InChI is InChI=1S/C19H26ClN5.HI/c1-3-21-19(22-9-7-15-5-4-6-18(20)11-15)25-10-8-16(14-25)17-12-23-24(2)13-17;/h4-6,11-13,16H,3,7-10,14H2,1-2H3,(H,21,22);1H. The highest BCUT2D eigenvalue weighted by molar-refractivity contribution is 14.0. The maximum Gasteiger partial charge on any atom is 0.193 e. The molecule has 1 aliphatic heterocycles. The fourth-order valence-electron chi connectivity index (χ4n) is 3.28. The van der Waals surface area contributed by atoms with E-state index in [2.05, 4.69) is 34.5 Å². The number of benzene rings is 1. The van der Waals surface area contributed by atoms with E-state index in [-0.39, 0.29) is 24.0 Å². The second kappa shape index (κ2) is 10.2. The summed E-state index contributed by atoms with van der Waals surface area (Å²) in [5.41, 5.74) is 2.54. The molecule has 0 radical (unpaired) electrons. The van der Waals surface area contributed by atoms with Crippen molar-refractivity contribution in [3.05, 3.63) is 52.8 Å². The van der Waals surface area contributed by atoms with Gasteiger partial charge in [0, 0.05) is 50.4 Å². The van der Waals surface area contributed by atoms with E-state index < -0.39 is 0 Å². The largest absolute Gasteiger partial charge is 0.357 e. The molecule has 0 aliphatic carbocycles. The van der Waals surface area contributed by atoms with Crippen molar-refractivity contribution >= 4 is 41.5 Å². The van der Waals surface area contributed by atoms with Crippen LogP contribution in [0.3, 0.4) is 0 Å². The number of aryl methyl sites for hydroxylation is 1. The van der Waals surface area contributed by atoms with Crippen molar-refractivity contribution < 1.29 is 0 Å². The number of nitrogens with zero attached hydrogens (tertiary/aromatic N) is 4. The first-order chi connectivity index (χ1) is 12.2. The Morgan fingerprint density at radius 2 is 2.27 bits per heavy atom. The van der Waals surface area contributed by atoms with Gasteiger partial charge >= 0.3 is 0 Å². The van der Waals surface area contributed by atoms with E-state index in [9.17, 15) is 0 Å². The van der Waals surface area contributed by atoms with Gasteiger partial charge in [-0.3, -0.25) is 9.67 Å². The molecule has 1 aliphatic rings. The Bertz CT molecular complexity index is 730. The highest BCUT2D eigenvalue weighted by Gasteiger charge is 2.26. The Morgan fingerprint density at radius 1 is 1.42 bits per heavy atom. The zero-order chi connectivity index (χ0) is 17.6. The van der Waals surface area contributed by atoms with E-state index in [1.54, 1.807) is 0 Å². The Balaban J connectivity index is 0.00000243. The molecule has 1 N–H and O–H groups in total. The fourth-order valence-corrected chi connectivity index (χ4v) is 3.50. The van der Waals surface area contributed by atoms with Gasteiger partial charge in [-0.15, -0.1) is 24.0 Å². The lowest BCUT2D eigenvalue weighted by Crippen LogP contribution is -2.40. The molecule has 1 aromatic heterocycles. The second-order valence-corrected chi connectivity index (χ2v) is 6.93. The van der Waals surface area contributed by atoms with Crippen LogP contribution in [-0.4, -0.2) is 46.8 Å². The van der Waals surface area contributed by atoms with Crippen molar-refractivity contribution in [2.75, 3.05) is 26.2 Å². The highest BCUT2D eigenvalue weighted by atomic mass is 127. The number of hydrogen-bond donors (Lipinski definition) is 1. The van der Waals surface area contributed by atoms with Crippen LogP contribution in [0.4, 0.5) is 0 Å². The average Bonchev–Trinajstić information content (AvgIpc) is 3.23. The number of guanidine groups is 1. The molecule has 0 spiro atoms. The minimum Gasteiger partial charge on any atom is -0.357 e. The topological polar surface area (TPSA) is 45.5 Å². The van der Waals surface area contributed by atoms with Crippen LogP contribution in [0.15, 0.2) is 41.7 Å². The summed E-state index contributed by atoms with van der Waals surface area (Å²) >= 11 is 6.05. The van der Waals surface area contributed by atoms with E-state index in [1.807, 2.05) is 36.1 Å². The summed E-state index contributed by atoms with van der Waals surface area (Å²) in [5.74, 6) is 1.54. The molecule has 0 amide bonds. The van der Waals surface area contributed by atoms with Gasteiger partial charge in [-0.05, 0) is 43.0 Å². The van der Waals surface area contributed by atoms with Crippen LogP contribution >= 0.6 is 35.6 Å². The van der Waals surface area contributed by atoms with Crippen molar-refractivity contribution in [2.45, 2.75) is 25.7 Å². The smallest absolute Gasteiger partial charge is 0.193 e. The number of aliphatic imine (C=N–C) groups is 1. The first-order valence-corrected chi connectivity index (χ1v) is 9.29. The quantitative estimate of drug-likeness (QED) is 0.397. The maximum absolute atomic E-state index is 6.05. The number of halogens is 2. The van der Waals surface area contributed by atoms with Gasteiger partial charge < -0.3 is 10.2 Å². The summed E-state index contributed by atoms with van der Waals surface area (Å²) in [7, 11) is 1.97. The van der Waals surface area contributed by atoms with Crippen LogP contribution in [0, 0.1) is 0 Å². The average molecular weight is 488 g/mol. The SMILES string of the molecule is CCNC(=NCCc1cccc(Cl)c1)N1CCC(c2cnn(C)c2)C1.I. The van der Waals surface area contributed by atoms with Crippen molar-refractivity contribution in [3.63, 3.8) is 0 Å². The number of hydrogen-bond acceptors (Lipinski definition) is 2. The van der Waals surface area contributed by atoms with Crippen molar-refractivity contribution in [3.8, 4) is 0 Å². The first kappa shape index (κ1) is 21.0. The third-order valence-electron chi connectivity index (χ3n) is 4.57. The minimum atomic E-state index is 0. The third-order valence-corrected chi connectivity index (χ3v) is 4.81. The van der Waals surface area contributed by atoms with E-state index >= 15 is 0 Å². The predicted molar refractivity (Wildman–Crippen MR) is 119 cm³/mol. The molecule has 1 atom stereocenters. The summed E-state index contributed by atoms with van der Waals surface area (Å²) in [4.78, 5) is 7.18. The fraction of sp³-hybridized carbons (Fsp3) is 0.474. The van der Waals surface area contributed by atoms with E-state index in [0.717, 1.165) is 50.0 Å². The summed E-state index contributed by atoms with van der Waals surface area (Å²) in [6.07, 6.45) is 6.15. The van der Waals surface area contributed by atoms with Gasteiger partial charge in [0.25, 0.3) is 0 Å². The lowest BCUT2D eigenvalue weighted by atomic mass is 10.0. The van der Waals surface area contributed by atoms with Gasteiger partial charge in [-0.25, -0.2) is 0 Å². The first-order valence-electron chi connectivity index (χ1n) is 8.92. The summed E-state index contributed by atoms with van der Waals surface area (Å²) in [6.45, 7) is 5.78. The van der Waals surface area contributed by atoms with Crippen molar-refractivity contribution in [2.24, 2.45) is 12.0 Å². The van der Waals surface area contributed by atoms with E-state index in [0.29, 0.717) is 5.92 Å². The van der Waals surface area contributed by atoms with Crippen LogP contribution in [-0.2, 0) is 13.5 Å². The zero-order valence-electron chi connectivity index (χ0n) is 15.4. The molecule has 1 fully saturated rings. The third kappa shape index (κ3) is 5.61. The van der Waals surface area contributed by atoms with Gasteiger partial charge in [0.2, 0.25) is 0 Å². The van der Waals surface area contributed by atoms with Crippen LogP contribution in [0.25, 0.3) is 0 Å². The maximum atomic E-state index is 6.05. The van der Waals surface area contributed by atoms with E-state index in [1.165, 1.54) is 11.1 Å². The molecule has 1 unspecified atom stereocenters. The normalized spacial score (nSPS) is 17.3. The molecule has 0 saturated carbocycles. The Kier molecular flexibility index (Phi) is 8.21.